The normalized spacial score (nSPS) is 25.3. The third-order valence-corrected chi connectivity index (χ3v) is 1.39. The van der Waals surface area contributed by atoms with Gasteiger partial charge in [0.25, 0.3) is 0 Å². The van der Waals surface area contributed by atoms with Crippen molar-refractivity contribution in [2.75, 3.05) is 13.1 Å². The fourth-order valence-corrected chi connectivity index (χ4v) is 0.918. The third kappa shape index (κ3) is 1.52. The second-order valence-corrected chi connectivity index (χ2v) is 2.10. The Kier molecular flexibility index (Phi) is 1.74. The molecule has 0 aromatic heterocycles. The average molecular weight is 95.0 g/mol. The molecule has 1 heterocycles. The van der Waals surface area contributed by atoms with E-state index in [9.17, 15) is 0 Å². The van der Waals surface area contributed by atoms with E-state index in [-0.39, 0.29) is 0 Å². The van der Waals surface area contributed by atoms with Gasteiger partial charge in [0.05, 0.1) is 0 Å². The first-order valence-electron chi connectivity index (χ1n) is 2.89. The predicted molar refractivity (Wildman–Crippen MR) is 31.2 cm³/mol. The molecular formula is C5H10BN-. The van der Waals surface area contributed by atoms with Crippen LogP contribution in [-0.2, 0) is 0 Å². The molecule has 39 valence electrons. The van der Waals surface area contributed by atoms with Crippen molar-refractivity contribution in [3.05, 3.63) is 0 Å². The maximum Gasteiger partial charge on any atom is -0.0439 e. The molecule has 0 saturated carbocycles. The Labute approximate surface area is 46.1 Å². The monoisotopic (exact) mass is 95.1 g/mol. The van der Waals surface area contributed by atoms with Crippen molar-refractivity contribution in [2.24, 2.45) is 0 Å². The van der Waals surface area contributed by atoms with Crippen LogP contribution in [0.5, 0.6) is 0 Å². The van der Waals surface area contributed by atoms with E-state index in [1.807, 2.05) is 4.81 Å². The molecular weight excluding hydrogens is 84.9 g/mol. The lowest BCUT2D eigenvalue weighted by Gasteiger charge is -2.36. The lowest BCUT2D eigenvalue weighted by atomic mass is 10.1. The van der Waals surface area contributed by atoms with Crippen molar-refractivity contribution in [3.8, 4) is 0 Å². The minimum atomic E-state index is 1.10. The van der Waals surface area contributed by atoms with Crippen molar-refractivity contribution in [1.82, 2.24) is 4.81 Å². The zero-order chi connectivity index (χ0) is 5.11. The van der Waals surface area contributed by atoms with Gasteiger partial charge < -0.3 is 12.8 Å². The molecule has 0 bridgehead atoms. The van der Waals surface area contributed by atoms with Crippen LogP contribution in [0.4, 0.5) is 0 Å². The van der Waals surface area contributed by atoms with Gasteiger partial charge in [-0.3, -0.25) is 0 Å². The molecule has 0 N–H and O–H groups in total. The van der Waals surface area contributed by atoms with Gasteiger partial charge in [-0.2, -0.15) is 0 Å². The van der Waals surface area contributed by atoms with Gasteiger partial charge in [0, 0.05) is 0 Å². The highest BCUT2D eigenvalue weighted by atomic mass is 15.0. The summed E-state index contributed by atoms with van der Waals surface area (Å²) in [6, 6.07) is 0. The molecule has 1 saturated heterocycles. The largest absolute Gasteiger partial charge is 0.580 e. The number of nitrogens with zero attached hydrogens (tertiary/aromatic N) is 1. The summed E-state index contributed by atoms with van der Waals surface area (Å²) < 4.78 is 0. The van der Waals surface area contributed by atoms with E-state index in [0.29, 0.717) is 0 Å². The van der Waals surface area contributed by atoms with E-state index >= 15 is 0 Å². The van der Waals surface area contributed by atoms with Gasteiger partial charge in [-0.1, -0.05) is 6.42 Å². The van der Waals surface area contributed by atoms with Crippen LogP contribution in [0.1, 0.15) is 19.3 Å². The quantitative estimate of drug-likeness (QED) is 0.397. The summed E-state index contributed by atoms with van der Waals surface area (Å²) in [7, 11) is 5.47. The summed E-state index contributed by atoms with van der Waals surface area (Å²) in [5.41, 5.74) is 0. The molecule has 1 nitrogen and oxygen atoms in total. The topological polar surface area (TPSA) is 3.24 Å². The van der Waals surface area contributed by atoms with Gasteiger partial charge in [0.2, 0.25) is 0 Å². The summed E-state index contributed by atoms with van der Waals surface area (Å²) in [5, 5.41) is 0. The van der Waals surface area contributed by atoms with E-state index in [1.54, 1.807) is 0 Å². The van der Waals surface area contributed by atoms with Gasteiger partial charge in [-0.15, -0.1) is 0 Å². The number of piperidine rings is 1. The van der Waals surface area contributed by atoms with Crippen molar-refractivity contribution in [3.63, 3.8) is 0 Å². The summed E-state index contributed by atoms with van der Waals surface area (Å²) in [5.74, 6) is 0. The molecule has 0 aliphatic carbocycles. The maximum absolute atomic E-state index is 5.47. The highest BCUT2D eigenvalue weighted by Crippen LogP contribution is 2.04. The van der Waals surface area contributed by atoms with Crippen LogP contribution in [-0.4, -0.2) is 25.9 Å². The number of hydrogen-bond acceptors (Lipinski definition) is 1. The second-order valence-electron chi connectivity index (χ2n) is 2.10. The van der Waals surface area contributed by atoms with Gasteiger partial charge in [-0.05, 0) is 25.9 Å². The Morgan fingerprint density at radius 2 is 1.57 bits per heavy atom. The molecule has 0 aromatic carbocycles. The summed E-state index contributed by atoms with van der Waals surface area (Å²) in [4.78, 5) is 1.89. The standard InChI is InChI=1S/C5H10BN/c6-7-4-2-1-3-5-7/h1-5H2/q-1. The van der Waals surface area contributed by atoms with Gasteiger partial charge in [0.15, 0.2) is 0 Å². The summed E-state index contributed by atoms with van der Waals surface area (Å²) in [6.07, 6.45) is 3.95. The molecule has 0 spiro atoms. The van der Waals surface area contributed by atoms with E-state index in [0.717, 1.165) is 13.1 Å². The fourth-order valence-electron chi connectivity index (χ4n) is 0.918. The van der Waals surface area contributed by atoms with Crippen LogP contribution in [0.2, 0.25) is 0 Å². The zero-order valence-corrected chi connectivity index (χ0v) is 4.56. The first-order valence-corrected chi connectivity index (χ1v) is 2.89. The summed E-state index contributed by atoms with van der Waals surface area (Å²) in [6.45, 7) is 2.19. The Morgan fingerprint density at radius 1 is 1.00 bits per heavy atom. The molecule has 0 unspecified atom stereocenters. The average Bonchev–Trinajstić information content (AvgIpc) is 1.69. The maximum atomic E-state index is 5.47. The predicted octanol–water partition coefficient (Wildman–Crippen LogP) is 0.556. The zero-order valence-electron chi connectivity index (χ0n) is 4.56. The van der Waals surface area contributed by atoms with Crippen LogP contribution in [0.15, 0.2) is 0 Å². The Balaban J connectivity index is 2.12. The van der Waals surface area contributed by atoms with Crippen LogP contribution >= 0.6 is 0 Å². The minimum absolute atomic E-state index is 1.10. The lowest BCUT2D eigenvalue weighted by molar-refractivity contribution is 0.367. The first-order chi connectivity index (χ1) is 3.39. The summed E-state index contributed by atoms with van der Waals surface area (Å²) >= 11 is 0. The van der Waals surface area contributed by atoms with Gasteiger partial charge >= 0.3 is 0 Å². The van der Waals surface area contributed by atoms with Gasteiger partial charge in [-0.25, -0.2) is 0 Å². The lowest BCUT2D eigenvalue weighted by Crippen LogP contribution is -2.26. The molecule has 7 heavy (non-hydrogen) atoms. The Hall–Kier alpha value is 0.0249. The van der Waals surface area contributed by atoms with Crippen molar-refractivity contribution in [1.29, 1.82) is 0 Å². The van der Waals surface area contributed by atoms with Gasteiger partial charge in [0.1, 0.15) is 0 Å². The van der Waals surface area contributed by atoms with Crippen LogP contribution in [0.25, 0.3) is 0 Å². The molecule has 2 heteroatoms. The highest BCUT2D eigenvalue weighted by Gasteiger charge is 1.94. The minimum Gasteiger partial charge on any atom is -0.580 e. The van der Waals surface area contributed by atoms with Crippen molar-refractivity contribution >= 4 is 7.98 Å². The molecule has 0 aromatic rings. The molecule has 3 radical (unpaired) electrons. The smallest absolute Gasteiger partial charge is 0.0439 e. The van der Waals surface area contributed by atoms with Crippen molar-refractivity contribution in [2.45, 2.75) is 19.3 Å². The van der Waals surface area contributed by atoms with E-state index in [4.69, 9.17) is 7.98 Å². The van der Waals surface area contributed by atoms with Crippen LogP contribution in [0, 0.1) is 0 Å². The highest BCUT2D eigenvalue weighted by molar-refractivity contribution is 6.04. The third-order valence-electron chi connectivity index (χ3n) is 1.39. The van der Waals surface area contributed by atoms with E-state index in [2.05, 4.69) is 0 Å². The molecule has 0 atom stereocenters. The van der Waals surface area contributed by atoms with Crippen LogP contribution in [0.3, 0.4) is 0 Å². The molecule has 1 rings (SSSR count). The number of hydrogen-bond donors (Lipinski definition) is 0. The molecule has 0 amide bonds. The Bertz CT molecular complexity index is 50.0. The fraction of sp³-hybridized carbons (Fsp3) is 1.00. The van der Waals surface area contributed by atoms with Crippen molar-refractivity contribution < 1.29 is 0 Å². The SMILES string of the molecule is [B-]N1CCCCC1. The Morgan fingerprint density at radius 3 is 1.86 bits per heavy atom. The second kappa shape index (κ2) is 2.36. The van der Waals surface area contributed by atoms with Crippen LogP contribution < -0.4 is 0 Å². The molecule has 1 aliphatic heterocycles. The molecule has 1 fully saturated rings. The van der Waals surface area contributed by atoms with E-state index < -0.39 is 0 Å². The van der Waals surface area contributed by atoms with E-state index in [1.165, 1.54) is 19.3 Å². The number of rotatable bonds is 0. The molecule has 1 aliphatic rings. The first kappa shape index (κ1) is 5.17.